The van der Waals surface area contributed by atoms with E-state index in [2.05, 4.69) is 0 Å². The number of benzene rings is 2. The van der Waals surface area contributed by atoms with Crippen LogP contribution in [0.2, 0.25) is 0 Å². The zero-order valence-electron chi connectivity index (χ0n) is 18.7. The third kappa shape index (κ3) is 4.31. The molecule has 2 bridgehead atoms. The normalized spacial score (nSPS) is 23.0. The van der Waals surface area contributed by atoms with Crippen LogP contribution in [-0.2, 0) is 19.6 Å². The summed E-state index contributed by atoms with van der Waals surface area (Å²) in [5.74, 6) is 0.114. The molecule has 0 heterocycles. The number of rotatable bonds is 5. The van der Waals surface area contributed by atoms with Gasteiger partial charge < -0.3 is 4.74 Å². The number of Topliss-reactive ketones (excluding diaryl/α,β-unsaturated/α-hetero) is 1. The van der Waals surface area contributed by atoms with Gasteiger partial charge in [-0.2, -0.15) is 0 Å². The van der Waals surface area contributed by atoms with Gasteiger partial charge in [-0.1, -0.05) is 12.5 Å². The van der Waals surface area contributed by atoms with Gasteiger partial charge in [-0.15, -0.1) is 0 Å². The molecule has 0 N–H and O–H groups in total. The van der Waals surface area contributed by atoms with E-state index < -0.39 is 10.0 Å². The molecule has 0 radical (unpaired) electrons. The predicted octanol–water partition coefficient (Wildman–Crippen LogP) is 4.43. The molecule has 7 heteroatoms. The van der Waals surface area contributed by atoms with Crippen molar-refractivity contribution in [3.63, 3.8) is 0 Å². The summed E-state index contributed by atoms with van der Waals surface area (Å²) in [5.41, 5.74) is 2.42. The topological polar surface area (TPSA) is 80.8 Å². The van der Waals surface area contributed by atoms with Crippen molar-refractivity contribution in [3.05, 3.63) is 53.6 Å². The number of esters is 1. The largest absolute Gasteiger partial charge is 0.426 e. The monoisotopic (exact) mass is 455 g/mol. The maximum atomic E-state index is 13.0. The van der Waals surface area contributed by atoms with Crippen LogP contribution >= 0.6 is 0 Å². The Hall–Kier alpha value is -2.67. The Morgan fingerprint density at radius 2 is 1.59 bits per heavy atom. The summed E-state index contributed by atoms with van der Waals surface area (Å²) in [6.45, 7) is 3.82. The first-order valence-corrected chi connectivity index (χ1v) is 12.5. The molecule has 0 amide bonds. The highest BCUT2D eigenvalue weighted by Gasteiger charge is 2.42. The van der Waals surface area contributed by atoms with Crippen LogP contribution in [0.4, 0.5) is 5.69 Å². The van der Waals surface area contributed by atoms with Crippen LogP contribution in [0.1, 0.15) is 43.2 Å². The molecule has 0 aromatic heterocycles. The number of aryl methyl sites for hydroxylation is 2. The van der Waals surface area contributed by atoms with Gasteiger partial charge in [0.15, 0.2) is 0 Å². The summed E-state index contributed by atoms with van der Waals surface area (Å²) in [4.78, 5) is 25.2. The number of anilines is 1. The molecule has 2 aromatic rings. The second-order valence-electron chi connectivity index (χ2n) is 9.03. The highest BCUT2D eigenvalue weighted by atomic mass is 32.2. The highest BCUT2D eigenvalue weighted by Crippen LogP contribution is 2.40. The smallest absolute Gasteiger partial charge is 0.314 e. The Kier molecular flexibility index (Phi) is 6.12. The summed E-state index contributed by atoms with van der Waals surface area (Å²) < 4.78 is 32.8. The zero-order chi connectivity index (χ0) is 23.0. The van der Waals surface area contributed by atoms with E-state index in [0.29, 0.717) is 30.1 Å². The molecule has 32 heavy (non-hydrogen) atoms. The molecule has 2 aliphatic rings. The van der Waals surface area contributed by atoms with Crippen molar-refractivity contribution in [1.82, 2.24) is 0 Å². The summed E-state index contributed by atoms with van der Waals surface area (Å²) >= 11 is 0. The average molecular weight is 456 g/mol. The fourth-order valence-corrected chi connectivity index (χ4v) is 6.05. The standard InChI is InChI=1S/C25H29NO5S/c1-16-7-12-23(13-17(16)2)32(29,30)26(3)21-8-10-22(11-9-21)31-25(28)20-14-18-5-4-6-19(15-20)24(18)27/h7-13,18-20H,4-6,14-15H2,1-3H3/t18-,19+,20?. The molecule has 4 rings (SSSR count). The van der Waals surface area contributed by atoms with Gasteiger partial charge in [-0.25, -0.2) is 8.42 Å². The molecule has 3 atom stereocenters. The maximum Gasteiger partial charge on any atom is 0.314 e. The Morgan fingerprint density at radius 1 is 0.969 bits per heavy atom. The zero-order valence-corrected chi connectivity index (χ0v) is 19.5. The molecule has 1 unspecified atom stereocenters. The second-order valence-corrected chi connectivity index (χ2v) is 11.0. The number of nitrogens with zero attached hydrogens (tertiary/aromatic N) is 1. The molecule has 0 spiro atoms. The first-order chi connectivity index (χ1) is 15.2. The number of carbonyl (C=O) groups is 2. The second kappa shape index (κ2) is 8.70. The molecule has 170 valence electrons. The van der Waals surface area contributed by atoms with Crippen LogP contribution in [0.25, 0.3) is 0 Å². The number of hydrogen-bond donors (Lipinski definition) is 0. The van der Waals surface area contributed by atoms with E-state index in [-0.39, 0.29) is 28.6 Å². The van der Waals surface area contributed by atoms with Crippen molar-refractivity contribution in [2.45, 2.75) is 50.8 Å². The summed E-state index contributed by atoms with van der Waals surface area (Å²) in [6, 6.07) is 11.5. The molecule has 0 saturated heterocycles. The Balaban J connectivity index is 1.44. The number of ketones is 1. The van der Waals surface area contributed by atoms with Crippen LogP contribution in [0.5, 0.6) is 5.75 Å². The summed E-state index contributed by atoms with van der Waals surface area (Å²) in [6.07, 6.45) is 3.94. The van der Waals surface area contributed by atoms with Crippen molar-refractivity contribution in [3.8, 4) is 5.75 Å². The Labute approximate surface area is 189 Å². The molecular weight excluding hydrogens is 426 g/mol. The van der Waals surface area contributed by atoms with E-state index in [1.165, 1.54) is 11.4 Å². The average Bonchev–Trinajstić information content (AvgIpc) is 2.75. The van der Waals surface area contributed by atoms with Gasteiger partial charge in [0.05, 0.1) is 16.5 Å². The van der Waals surface area contributed by atoms with Gasteiger partial charge in [0.1, 0.15) is 11.5 Å². The number of carbonyl (C=O) groups excluding carboxylic acids is 2. The number of ether oxygens (including phenoxy) is 1. The Morgan fingerprint density at radius 3 is 2.19 bits per heavy atom. The van der Waals surface area contributed by atoms with Gasteiger partial charge >= 0.3 is 5.97 Å². The van der Waals surface area contributed by atoms with Crippen LogP contribution in [0, 0.1) is 31.6 Å². The number of sulfonamides is 1. The molecule has 2 saturated carbocycles. The fourth-order valence-electron chi connectivity index (χ4n) is 4.77. The van der Waals surface area contributed by atoms with Crippen molar-refractivity contribution in [2.75, 3.05) is 11.4 Å². The predicted molar refractivity (Wildman–Crippen MR) is 122 cm³/mol. The van der Waals surface area contributed by atoms with Gasteiger partial charge in [0, 0.05) is 18.9 Å². The fraction of sp³-hybridized carbons (Fsp3) is 0.440. The van der Waals surface area contributed by atoms with Crippen molar-refractivity contribution in [1.29, 1.82) is 0 Å². The van der Waals surface area contributed by atoms with Crippen LogP contribution in [0.3, 0.4) is 0 Å². The van der Waals surface area contributed by atoms with E-state index in [9.17, 15) is 18.0 Å². The van der Waals surface area contributed by atoms with Gasteiger partial charge in [-0.05, 0) is 87.1 Å². The van der Waals surface area contributed by atoms with Gasteiger partial charge in [0.2, 0.25) is 0 Å². The molecule has 6 nitrogen and oxygen atoms in total. The lowest BCUT2D eigenvalue weighted by Crippen LogP contribution is -2.40. The minimum absolute atomic E-state index is 0.00769. The first kappa shape index (κ1) is 22.5. The third-order valence-corrected chi connectivity index (χ3v) is 8.72. The number of hydrogen-bond acceptors (Lipinski definition) is 5. The molecule has 2 aromatic carbocycles. The van der Waals surface area contributed by atoms with Crippen molar-refractivity contribution in [2.24, 2.45) is 17.8 Å². The van der Waals surface area contributed by atoms with E-state index in [4.69, 9.17) is 4.74 Å². The third-order valence-electron chi connectivity index (χ3n) is 6.94. The van der Waals surface area contributed by atoms with Gasteiger partial charge in [0.25, 0.3) is 10.0 Å². The van der Waals surface area contributed by atoms with Crippen molar-refractivity contribution < 1.29 is 22.7 Å². The van der Waals surface area contributed by atoms with Crippen molar-refractivity contribution >= 4 is 27.5 Å². The summed E-state index contributed by atoms with van der Waals surface area (Å²) in [7, 11) is -2.20. The van der Waals surface area contributed by atoms with E-state index in [1.54, 1.807) is 42.5 Å². The van der Waals surface area contributed by atoms with E-state index in [0.717, 1.165) is 30.4 Å². The minimum atomic E-state index is -3.70. The minimum Gasteiger partial charge on any atom is -0.426 e. The van der Waals surface area contributed by atoms with Gasteiger partial charge in [-0.3, -0.25) is 13.9 Å². The maximum absolute atomic E-state index is 13.0. The van der Waals surface area contributed by atoms with Crippen LogP contribution in [-0.4, -0.2) is 27.2 Å². The summed E-state index contributed by atoms with van der Waals surface area (Å²) in [5, 5.41) is 0. The lowest BCUT2D eigenvalue weighted by Gasteiger charge is -2.36. The van der Waals surface area contributed by atoms with E-state index in [1.807, 2.05) is 13.8 Å². The molecule has 2 fully saturated rings. The lowest BCUT2D eigenvalue weighted by atomic mass is 9.67. The highest BCUT2D eigenvalue weighted by molar-refractivity contribution is 7.92. The molecule has 2 aliphatic carbocycles. The first-order valence-electron chi connectivity index (χ1n) is 11.1. The molecular formula is C25H29NO5S. The molecule has 0 aliphatic heterocycles. The van der Waals surface area contributed by atoms with Crippen LogP contribution in [0.15, 0.2) is 47.4 Å². The quantitative estimate of drug-likeness (QED) is 0.492. The Bertz CT molecular complexity index is 1120. The SMILES string of the molecule is Cc1ccc(S(=O)(=O)N(C)c2ccc(OC(=O)C3C[C@H]4CCC[C@@H](C3)C4=O)cc2)cc1C. The lowest BCUT2D eigenvalue weighted by molar-refractivity contribution is -0.145. The number of fused-ring (bicyclic) bond motifs is 2. The van der Waals surface area contributed by atoms with E-state index >= 15 is 0 Å². The van der Waals surface area contributed by atoms with Crippen LogP contribution < -0.4 is 9.04 Å².